The average molecular weight is 204 g/mol. The van der Waals surface area contributed by atoms with Crippen LogP contribution in [0, 0.1) is 11.3 Å². The maximum Gasteiger partial charge on any atom is 0.249 e. The second-order valence-electron chi connectivity index (χ2n) is 5.34. The quantitative estimate of drug-likeness (QED) is 0.637. The summed E-state index contributed by atoms with van der Waals surface area (Å²) < 4.78 is 31.2. The topological polar surface area (TPSA) is 9.23 Å². The molecule has 2 rings (SSSR count). The van der Waals surface area contributed by atoms with Crippen LogP contribution in [-0.2, 0) is 4.74 Å². The molecule has 14 heavy (non-hydrogen) atoms. The fraction of sp³-hybridized carbons (Fsp3) is 1.00. The van der Waals surface area contributed by atoms with Crippen molar-refractivity contribution in [2.45, 2.75) is 51.6 Å². The smallest absolute Gasteiger partial charge is 0.249 e. The minimum absolute atomic E-state index is 0.0464. The van der Waals surface area contributed by atoms with Crippen molar-refractivity contribution in [3.63, 3.8) is 0 Å². The zero-order valence-electron chi connectivity index (χ0n) is 8.85. The first-order valence-electron chi connectivity index (χ1n) is 5.42. The molecule has 0 unspecified atom stereocenters. The van der Waals surface area contributed by atoms with E-state index < -0.39 is 5.92 Å². The van der Waals surface area contributed by atoms with E-state index in [4.69, 9.17) is 4.74 Å². The lowest BCUT2D eigenvalue weighted by atomic mass is 9.62. The number of hydrogen-bond donors (Lipinski definition) is 0. The lowest BCUT2D eigenvalue weighted by molar-refractivity contribution is -0.215. The van der Waals surface area contributed by atoms with Gasteiger partial charge in [-0.15, -0.1) is 0 Å². The minimum Gasteiger partial charge on any atom is -0.377 e. The highest BCUT2D eigenvalue weighted by Crippen LogP contribution is 2.56. The van der Waals surface area contributed by atoms with E-state index >= 15 is 0 Å². The van der Waals surface area contributed by atoms with Crippen molar-refractivity contribution < 1.29 is 13.5 Å². The Balaban J connectivity index is 1.86. The molecule has 1 saturated heterocycles. The maximum absolute atomic E-state index is 12.8. The van der Waals surface area contributed by atoms with E-state index in [9.17, 15) is 8.78 Å². The molecular weight excluding hydrogens is 186 g/mol. The Hall–Kier alpha value is -0.180. The lowest BCUT2D eigenvalue weighted by Crippen LogP contribution is -2.52. The zero-order chi connectivity index (χ0) is 10.4. The third kappa shape index (κ3) is 1.79. The fourth-order valence-corrected chi connectivity index (χ4v) is 2.74. The standard InChI is InChI=1S/C11H18F2O/c1-8(2)9-3-4-10(7-14-9)5-11(12,13)6-10/h8-9H,3-7H2,1-2H3/t9-/m0/s1. The molecule has 82 valence electrons. The first-order valence-corrected chi connectivity index (χ1v) is 5.42. The van der Waals surface area contributed by atoms with E-state index in [1.807, 2.05) is 0 Å². The molecule has 3 heteroatoms. The van der Waals surface area contributed by atoms with Gasteiger partial charge in [0.15, 0.2) is 0 Å². The normalized spacial score (nSPS) is 34.5. The molecule has 0 aromatic rings. The van der Waals surface area contributed by atoms with Gasteiger partial charge in [-0.1, -0.05) is 13.8 Å². The molecule has 2 aliphatic rings. The van der Waals surface area contributed by atoms with Gasteiger partial charge in [0.25, 0.3) is 0 Å². The molecule has 1 aliphatic heterocycles. The summed E-state index contributed by atoms with van der Waals surface area (Å²) in [5.41, 5.74) is -0.172. The van der Waals surface area contributed by atoms with Crippen LogP contribution in [0.15, 0.2) is 0 Å². The molecule has 0 N–H and O–H groups in total. The van der Waals surface area contributed by atoms with Crippen LogP contribution in [0.5, 0.6) is 0 Å². The van der Waals surface area contributed by atoms with Gasteiger partial charge < -0.3 is 4.74 Å². The van der Waals surface area contributed by atoms with Gasteiger partial charge in [0.1, 0.15) is 0 Å². The second-order valence-corrected chi connectivity index (χ2v) is 5.34. The summed E-state index contributed by atoms with van der Waals surface area (Å²) in [5, 5.41) is 0. The van der Waals surface area contributed by atoms with Gasteiger partial charge in [0.2, 0.25) is 5.92 Å². The van der Waals surface area contributed by atoms with Crippen LogP contribution in [0.1, 0.15) is 39.5 Å². The first-order chi connectivity index (χ1) is 6.43. The van der Waals surface area contributed by atoms with Gasteiger partial charge in [0, 0.05) is 18.3 Å². The Morgan fingerprint density at radius 3 is 2.29 bits per heavy atom. The van der Waals surface area contributed by atoms with Gasteiger partial charge in [-0.3, -0.25) is 0 Å². The van der Waals surface area contributed by atoms with E-state index in [1.165, 1.54) is 0 Å². The summed E-state index contributed by atoms with van der Waals surface area (Å²) in [4.78, 5) is 0. The third-order valence-electron chi connectivity index (χ3n) is 3.57. The summed E-state index contributed by atoms with van der Waals surface area (Å²) in [6, 6.07) is 0. The summed E-state index contributed by atoms with van der Waals surface area (Å²) in [7, 11) is 0. The van der Waals surface area contributed by atoms with E-state index in [1.54, 1.807) is 0 Å². The molecule has 1 nitrogen and oxygen atoms in total. The van der Waals surface area contributed by atoms with Gasteiger partial charge in [-0.05, 0) is 18.8 Å². The molecule has 0 bridgehead atoms. The Morgan fingerprint density at radius 1 is 1.29 bits per heavy atom. The Labute approximate surface area is 83.8 Å². The second kappa shape index (κ2) is 3.16. The highest BCUT2D eigenvalue weighted by Gasteiger charge is 2.57. The summed E-state index contributed by atoms with van der Waals surface area (Å²) in [5.74, 6) is -1.90. The van der Waals surface area contributed by atoms with Crippen LogP contribution in [-0.4, -0.2) is 18.6 Å². The number of ether oxygens (including phenoxy) is 1. The monoisotopic (exact) mass is 204 g/mol. The number of rotatable bonds is 1. The molecule has 2 fully saturated rings. The molecule has 0 aromatic heterocycles. The van der Waals surface area contributed by atoms with Crippen molar-refractivity contribution in [3.05, 3.63) is 0 Å². The molecule has 0 radical (unpaired) electrons. The minimum atomic E-state index is -2.41. The predicted molar refractivity (Wildman–Crippen MR) is 50.4 cm³/mol. The van der Waals surface area contributed by atoms with Gasteiger partial charge in [0.05, 0.1) is 12.7 Å². The molecule has 0 amide bonds. The van der Waals surface area contributed by atoms with Crippen molar-refractivity contribution in [2.75, 3.05) is 6.61 Å². The molecule has 1 atom stereocenters. The van der Waals surface area contributed by atoms with Crippen LogP contribution >= 0.6 is 0 Å². The van der Waals surface area contributed by atoms with Crippen molar-refractivity contribution >= 4 is 0 Å². The van der Waals surface area contributed by atoms with Gasteiger partial charge in [-0.25, -0.2) is 8.78 Å². The Morgan fingerprint density at radius 2 is 1.93 bits per heavy atom. The van der Waals surface area contributed by atoms with Crippen LogP contribution in [0.3, 0.4) is 0 Å². The van der Waals surface area contributed by atoms with Crippen molar-refractivity contribution in [1.82, 2.24) is 0 Å². The third-order valence-corrected chi connectivity index (χ3v) is 3.57. The van der Waals surface area contributed by atoms with Crippen molar-refractivity contribution in [3.8, 4) is 0 Å². The maximum atomic E-state index is 12.8. The van der Waals surface area contributed by atoms with Crippen molar-refractivity contribution in [2.24, 2.45) is 11.3 Å². The van der Waals surface area contributed by atoms with Crippen LogP contribution in [0.2, 0.25) is 0 Å². The van der Waals surface area contributed by atoms with E-state index in [2.05, 4.69) is 13.8 Å². The number of hydrogen-bond acceptors (Lipinski definition) is 1. The number of alkyl halides is 2. The highest BCUT2D eigenvalue weighted by atomic mass is 19.3. The molecule has 1 saturated carbocycles. The summed E-state index contributed by atoms with van der Waals surface area (Å²) >= 11 is 0. The molecule has 0 aromatic carbocycles. The molecular formula is C11H18F2O. The van der Waals surface area contributed by atoms with Crippen LogP contribution in [0.25, 0.3) is 0 Å². The lowest BCUT2D eigenvalue weighted by Gasteiger charge is -2.51. The zero-order valence-corrected chi connectivity index (χ0v) is 8.85. The van der Waals surface area contributed by atoms with E-state index in [-0.39, 0.29) is 24.4 Å². The van der Waals surface area contributed by atoms with Crippen LogP contribution < -0.4 is 0 Å². The highest BCUT2D eigenvalue weighted by molar-refractivity contribution is 5.00. The SMILES string of the molecule is CC(C)[C@@H]1CCC2(CO1)CC(F)(F)C2. The van der Waals surface area contributed by atoms with Gasteiger partial charge >= 0.3 is 0 Å². The fourth-order valence-electron chi connectivity index (χ4n) is 2.74. The molecule has 1 heterocycles. The predicted octanol–water partition coefficient (Wildman–Crippen LogP) is 3.24. The number of halogens is 2. The van der Waals surface area contributed by atoms with Crippen LogP contribution in [0.4, 0.5) is 8.78 Å². The molecule has 1 aliphatic carbocycles. The Kier molecular flexibility index (Phi) is 2.33. The molecule has 1 spiro atoms. The Bertz CT molecular complexity index is 207. The average Bonchev–Trinajstić information content (AvgIpc) is 2.01. The van der Waals surface area contributed by atoms with E-state index in [0.29, 0.717) is 12.5 Å². The summed E-state index contributed by atoms with van der Waals surface area (Å²) in [6.07, 6.45) is 2.25. The van der Waals surface area contributed by atoms with E-state index in [0.717, 1.165) is 12.8 Å². The largest absolute Gasteiger partial charge is 0.377 e. The van der Waals surface area contributed by atoms with Crippen molar-refractivity contribution in [1.29, 1.82) is 0 Å². The first kappa shape index (κ1) is 10.3. The van der Waals surface area contributed by atoms with Gasteiger partial charge in [-0.2, -0.15) is 0 Å². The summed E-state index contributed by atoms with van der Waals surface area (Å²) in [6.45, 7) is 4.79.